The van der Waals surface area contributed by atoms with Crippen LogP contribution in [0.3, 0.4) is 0 Å². The minimum Gasteiger partial charge on any atom is -0.481 e. The van der Waals surface area contributed by atoms with E-state index in [0.717, 1.165) is 17.0 Å². The summed E-state index contributed by atoms with van der Waals surface area (Å²) >= 11 is 5.86. The molecule has 0 heterocycles. The third-order valence-corrected chi connectivity index (χ3v) is 3.21. The highest BCUT2D eigenvalue weighted by atomic mass is 35.5. The van der Waals surface area contributed by atoms with Crippen LogP contribution in [-0.2, 0) is 11.2 Å². The van der Waals surface area contributed by atoms with E-state index in [1.54, 1.807) is 6.92 Å². The fourth-order valence-electron chi connectivity index (χ4n) is 1.79. The third-order valence-electron chi connectivity index (χ3n) is 2.96. The lowest BCUT2D eigenvalue weighted by Gasteiger charge is -2.11. The van der Waals surface area contributed by atoms with Crippen molar-refractivity contribution in [2.24, 2.45) is 5.73 Å². The average molecular weight is 290 g/mol. The van der Waals surface area contributed by atoms with Crippen molar-refractivity contribution >= 4 is 17.5 Å². The van der Waals surface area contributed by atoms with Crippen molar-refractivity contribution in [3.05, 3.63) is 64.7 Å². The van der Waals surface area contributed by atoms with Crippen LogP contribution in [0.2, 0.25) is 5.02 Å². The van der Waals surface area contributed by atoms with Crippen LogP contribution in [0.15, 0.2) is 48.5 Å². The Hall–Kier alpha value is -2.00. The van der Waals surface area contributed by atoms with Gasteiger partial charge in [0.05, 0.1) is 0 Å². The minimum absolute atomic E-state index is 0.477. The summed E-state index contributed by atoms with van der Waals surface area (Å²) in [5.74, 6) is 0.159. The second-order valence-electron chi connectivity index (χ2n) is 4.61. The van der Waals surface area contributed by atoms with Gasteiger partial charge in [0.25, 0.3) is 5.91 Å². The van der Waals surface area contributed by atoms with Crippen molar-refractivity contribution in [3.63, 3.8) is 0 Å². The second kappa shape index (κ2) is 6.44. The van der Waals surface area contributed by atoms with Crippen molar-refractivity contribution in [3.8, 4) is 5.75 Å². The Morgan fingerprint density at radius 1 is 1.10 bits per heavy atom. The predicted molar refractivity (Wildman–Crippen MR) is 80.0 cm³/mol. The van der Waals surface area contributed by atoms with Gasteiger partial charge in [-0.1, -0.05) is 35.9 Å². The van der Waals surface area contributed by atoms with E-state index >= 15 is 0 Å². The first-order valence-electron chi connectivity index (χ1n) is 6.34. The minimum atomic E-state index is -0.628. The van der Waals surface area contributed by atoms with Crippen LogP contribution in [0.25, 0.3) is 0 Å². The molecule has 104 valence electrons. The maximum atomic E-state index is 10.9. The van der Waals surface area contributed by atoms with Crippen LogP contribution in [0.4, 0.5) is 0 Å². The lowest BCUT2D eigenvalue weighted by atomic mass is 10.1. The zero-order chi connectivity index (χ0) is 14.5. The molecule has 1 atom stereocenters. The lowest BCUT2D eigenvalue weighted by molar-refractivity contribution is -0.123. The van der Waals surface area contributed by atoms with E-state index in [4.69, 9.17) is 22.1 Å². The molecule has 0 spiro atoms. The van der Waals surface area contributed by atoms with Crippen molar-refractivity contribution in [1.29, 1.82) is 0 Å². The van der Waals surface area contributed by atoms with E-state index in [0.29, 0.717) is 5.75 Å². The van der Waals surface area contributed by atoms with Gasteiger partial charge in [0, 0.05) is 5.02 Å². The van der Waals surface area contributed by atoms with Crippen molar-refractivity contribution < 1.29 is 9.53 Å². The van der Waals surface area contributed by atoms with Crippen LogP contribution in [0, 0.1) is 0 Å². The standard InChI is InChI=1S/C16H16ClNO2/c1-11(16(18)19)20-15-8-4-13(5-9-15)10-12-2-6-14(17)7-3-12/h2-9,11H,10H2,1H3,(H2,18,19). The molecule has 0 bridgehead atoms. The molecule has 0 radical (unpaired) electrons. The molecule has 4 heteroatoms. The van der Waals surface area contributed by atoms with Gasteiger partial charge in [-0.2, -0.15) is 0 Å². The van der Waals surface area contributed by atoms with E-state index in [1.807, 2.05) is 48.5 Å². The Morgan fingerprint density at radius 2 is 1.60 bits per heavy atom. The lowest BCUT2D eigenvalue weighted by Crippen LogP contribution is -2.30. The SMILES string of the molecule is CC(Oc1ccc(Cc2ccc(Cl)cc2)cc1)C(N)=O. The quantitative estimate of drug-likeness (QED) is 0.919. The number of halogens is 1. The summed E-state index contributed by atoms with van der Waals surface area (Å²) in [5, 5.41) is 0.734. The molecule has 2 aromatic rings. The third kappa shape index (κ3) is 4.00. The van der Waals surface area contributed by atoms with Gasteiger partial charge in [0.2, 0.25) is 0 Å². The van der Waals surface area contributed by atoms with Crippen molar-refractivity contribution in [1.82, 2.24) is 0 Å². The van der Waals surface area contributed by atoms with E-state index in [9.17, 15) is 4.79 Å². The molecular formula is C16H16ClNO2. The molecule has 1 unspecified atom stereocenters. The van der Waals surface area contributed by atoms with Crippen molar-refractivity contribution in [2.45, 2.75) is 19.4 Å². The van der Waals surface area contributed by atoms with E-state index in [-0.39, 0.29) is 0 Å². The summed E-state index contributed by atoms with van der Waals surface area (Å²) in [6.07, 6.45) is 0.195. The van der Waals surface area contributed by atoms with Gasteiger partial charge in [-0.25, -0.2) is 0 Å². The van der Waals surface area contributed by atoms with Gasteiger partial charge >= 0.3 is 0 Å². The number of nitrogens with two attached hydrogens (primary N) is 1. The van der Waals surface area contributed by atoms with Gasteiger partial charge in [-0.15, -0.1) is 0 Å². The van der Waals surface area contributed by atoms with E-state index < -0.39 is 12.0 Å². The normalized spacial score (nSPS) is 11.9. The fourth-order valence-corrected chi connectivity index (χ4v) is 1.91. The van der Waals surface area contributed by atoms with Crippen LogP contribution in [0.1, 0.15) is 18.1 Å². The van der Waals surface area contributed by atoms with E-state index in [1.165, 1.54) is 5.56 Å². The zero-order valence-electron chi connectivity index (χ0n) is 11.2. The smallest absolute Gasteiger partial charge is 0.258 e. The number of primary amides is 1. The first-order chi connectivity index (χ1) is 9.54. The van der Waals surface area contributed by atoms with Gasteiger partial charge in [0.15, 0.2) is 6.10 Å². The number of ether oxygens (including phenoxy) is 1. The highest BCUT2D eigenvalue weighted by Gasteiger charge is 2.09. The molecule has 0 saturated carbocycles. The number of hydrogen-bond donors (Lipinski definition) is 1. The van der Waals surface area contributed by atoms with Gasteiger partial charge < -0.3 is 10.5 Å². The fraction of sp³-hybridized carbons (Fsp3) is 0.188. The number of hydrogen-bond acceptors (Lipinski definition) is 2. The Labute approximate surface area is 123 Å². The number of rotatable bonds is 5. The van der Waals surface area contributed by atoms with Gasteiger partial charge in [-0.3, -0.25) is 4.79 Å². The van der Waals surface area contributed by atoms with Crippen LogP contribution >= 0.6 is 11.6 Å². The molecule has 20 heavy (non-hydrogen) atoms. The molecule has 0 aliphatic heterocycles. The number of carbonyl (C=O) groups excluding carboxylic acids is 1. The average Bonchev–Trinajstić information content (AvgIpc) is 2.43. The monoisotopic (exact) mass is 289 g/mol. The summed E-state index contributed by atoms with van der Waals surface area (Å²) in [6, 6.07) is 15.4. The Bertz CT molecular complexity index is 578. The first kappa shape index (κ1) is 14.4. The molecule has 3 nitrogen and oxygen atoms in total. The molecular weight excluding hydrogens is 274 g/mol. The maximum absolute atomic E-state index is 10.9. The number of amides is 1. The van der Waals surface area contributed by atoms with Crippen LogP contribution < -0.4 is 10.5 Å². The molecule has 1 amide bonds. The van der Waals surface area contributed by atoms with E-state index in [2.05, 4.69) is 0 Å². The first-order valence-corrected chi connectivity index (χ1v) is 6.72. The molecule has 0 fully saturated rings. The second-order valence-corrected chi connectivity index (χ2v) is 5.05. The largest absolute Gasteiger partial charge is 0.481 e. The molecule has 2 aromatic carbocycles. The summed E-state index contributed by atoms with van der Waals surface area (Å²) in [5.41, 5.74) is 7.50. The van der Waals surface area contributed by atoms with Gasteiger partial charge in [0.1, 0.15) is 5.75 Å². The topological polar surface area (TPSA) is 52.3 Å². The highest BCUT2D eigenvalue weighted by molar-refractivity contribution is 6.30. The molecule has 2 N–H and O–H groups in total. The zero-order valence-corrected chi connectivity index (χ0v) is 11.9. The van der Waals surface area contributed by atoms with Crippen molar-refractivity contribution in [2.75, 3.05) is 0 Å². The summed E-state index contributed by atoms with van der Waals surface area (Å²) in [4.78, 5) is 10.9. The van der Waals surface area contributed by atoms with Crippen LogP contribution in [0.5, 0.6) is 5.75 Å². The number of benzene rings is 2. The Kier molecular flexibility index (Phi) is 4.64. The Morgan fingerprint density at radius 3 is 2.10 bits per heavy atom. The summed E-state index contributed by atoms with van der Waals surface area (Å²) in [7, 11) is 0. The molecule has 2 rings (SSSR count). The van der Waals surface area contributed by atoms with Gasteiger partial charge in [-0.05, 0) is 48.7 Å². The summed E-state index contributed by atoms with van der Waals surface area (Å²) < 4.78 is 5.40. The molecule has 0 aliphatic rings. The molecule has 0 aliphatic carbocycles. The van der Waals surface area contributed by atoms with Crippen LogP contribution in [-0.4, -0.2) is 12.0 Å². The predicted octanol–water partition coefficient (Wildman–Crippen LogP) is 3.18. The molecule has 0 saturated heterocycles. The molecule has 0 aromatic heterocycles. The summed E-state index contributed by atoms with van der Waals surface area (Å²) in [6.45, 7) is 1.63. The Balaban J connectivity index is 2.01. The maximum Gasteiger partial charge on any atom is 0.258 e. The highest BCUT2D eigenvalue weighted by Crippen LogP contribution is 2.17. The number of carbonyl (C=O) groups is 1.